The fourth-order valence-corrected chi connectivity index (χ4v) is 2.31. The zero-order valence-electron chi connectivity index (χ0n) is 17.1. The van der Waals surface area contributed by atoms with Gasteiger partial charge in [-0.15, -0.1) is 0 Å². The zero-order chi connectivity index (χ0) is 24.9. The van der Waals surface area contributed by atoms with E-state index in [0.29, 0.717) is 31.7 Å². The second-order valence-electron chi connectivity index (χ2n) is 6.05. The van der Waals surface area contributed by atoms with E-state index in [1.54, 1.807) is 24.3 Å². The van der Waals surface area contributed by atoms with Crippen LogP contribution in [0.4, 0.5) is 13.2 Å². The highest BCUT2D eigenvalue weighted by atomic mass is 19.4. The molecule has 32 heavy (non-hydrogen) atoms. The number of ether oxygens (including phenoxy) is 1. The molecule has 0 saturated heterocycles. The van der Waals surface area contributed by atoms with Gasteiger partial charge in [0.15, 0.2) is 5.03 Å². The first kappa shape index (κ1) is 28.4. The van der Waals surface area contributed by atoms with E-state index in [1.807, 2.05) is 6.92 Å². The summed E-state index contributed by atoms with van der Waals surface area (Å²) < 4.78 is 37.1. The van der Waals surface area contributed by atoms with Crippen LogP contribution in [-0.2, 0) is 16.1 Å². The lowest BCUT2D eigenvalue weighted by Gasteiger charge is -2.29. The molecule has 0 spiro atoms. The molecule has 1 amide bonds. The van der Waals surface area contributed by atoms with Gasteiger partial charge in [-0.1, -0.05) is 12.1 Å². The number of carbonyl (C=O) groups excluding carboxylic acids is 1. The minimum absolute atomic E-state index is 0.133. The Hall–Kier alpha value is -3.62. The van der Waals surface area contributed by atoms with Crippen LogP contribution in [0.2, 0.25) is 0 Å². The van der Waals surface area contributed by atoms with E-state index in [9.17, 15) is 28.1 Å². The van der Waals surface area contributed by atoms with Gasteiger partial charge in [0.05, 0.1) is 6.61 Å². The number of benzene rings is 1. The average molecular weight is 466 g/mol. The molecule has 1 rings (SSSR count). The first-order valence-corrected chi connectivity index (χ1v) is 9.09. The fraction of sp³-hybridized carbons (Fsp3) is 0.471. The lowest BCUT2D eigenvalue weighted by Crippen LogP contribution is -2.50. The molecule has 1 aromatic carbocycles. The molecular formula is C17H25F3N6O6. The maximum absolute atomic E-state index is 11.8. The number of guanidine groups is 1. The monoisotopic (exact) mass is 466 g/mol. The standard InChI is InChI=1S/C15H24N6O4.C2HF3O2/c1-2-25-12-7-5-11(6-8-12)10-20(15(18)19-21(23)24)13(14(17)22)4-3-9-16;3-2(4,5)1(6)7/h5-8,13H,2-4,9-10,16H2,1H3,(H2,17,22)(H2,18,19);(H,6,7)/t13-;/m1./s1. The van der Waals surface area contributed by atoms with Gasteiger partial charge in [-0.05, 0) is 44.0 Å². The summed E-state index contributed by atoms with van der Waals surface area (Å²) in [5.74, 6) is -3.10. The van der Waals surface area contributed by atoms with Gasteiger partial charge in [-0.25, -0.2) is 14.9 Å². The van der Waals surface area contributed by atoms with E-state index in [1.165, 1.54) is 4.90 Å². The second-order valence-corrected chi connectivity index (χ2v) is 6.05. The molecule has 1 aromatic rings. The number of carboxylic acid groups (broad SMARTS) is 1. The molecule has 0 saturated carbocycles. The number of nitrogens with zero attached hydrogens (tertiary/aromatic N) is 3. The normalized spacial score (nSPS) is 12.2. The van der Waals surface area contributed by atoms with E-state index in [0.717, 1.165) is 5.56 Å². The summed E-state index contributed by atoms with van der Waals surface area (Å²) >= 11 is 0. The number of carbonyl (C=O) groups is 2. The van der Waals surface area contributed by atoms with E-state index in [2.05, 4.69) is 5.10 Å². The maximum Gasteiger partial charge on any atom is 0.490 e. The van der Waals surface area contributed by atoms with Crippen LogP contribution in [0, 0.1) is 10.1 Å². The van der Waals surface area contributed by atoms with Crippen molar-refractivity contribution in [2.45, 2.75) is 38.5 Å². The number of halogens is 3. The van der Waals surface area contributed by atoms with Crippen molar-refractivity contribution in [3.8, 4) is 5.75 Å². The van der Waals surface area contributed by atoms with Gasteiger partial charge in [-0.3, -0.25) is 4.79 Å². The smallest absolute Gasteiger partial charge is 0.490 e. The van der Waals surface area contributed by atoms with Crippen molar-refractivity contribution >= 4 is 17.8 Å². The SMILES string of the molecule is CCOc1ccc(CN(C(N)=N[N+](=O)[O-])[C@H](CCCN)C(N)=O)cc1.O=C(O)C(F)(F)F. The molecule has 0 radical (unpaired) electrons. The van der Waals surface area contributed by atoms with Gasteiger partial charge in [0, 0.05) is 6.54 Å². The number of amides is 1. The van der Waals surface area contributed by atoms with E-state index in [-0.39, 0.29) is 12.5 Å². The number of rotatable bonds is 10. The first-order chi connectivity index (χ1) is 14.8. The fourth-order valence-electron chi connectivity index (χ4n) is 2.31. The van der Waals surface area contributed by atoms with Crippen molar-refractivity contribution < 1.29 is 37.6 Å². The topological polar surface area (TPSA) is 200 Å². The van der Waals surface area contributed by atoms with Crippen molar-refractivity contribution in [2.75, 3.05) is 13.2 Å². The highest BCUT2D eigenvalue weighted by Gasteiger charge is 2.38. The third-order valence-corrected chi connectivity index (χ3v) is 3.69. The number of hydrogen-bond donors (Lipinski definition) is 4. The molecule has 0 heterocycles. The van der Waals surface area contributed by atoms with Crippen LogP contribution in [0.15, 0.2) is 29.4 Å². The molecular weight excluding hydrogens is 441 g/mol. The Bertz CT molecular complexity index is 788. The Labute approximate surface area is 180 Å². The predicted molar refractivity (Wildman–Crippen MR) is 107 cm³/mol. The van der Waals surface area contributed by atoms with Gasteiger partial charge in [-0.2, -0.15) is 13.2 Å². The van der Waals surface area contributed by atoms with Crippen LogP contribution in [0.3, 0.4) is 0 Å². The lowest BCUT2D eigenvalue weighted by atomic mass is 10.1. The van der Waals surface area contributed by atoms with Crippen LogP contribution in [0.5, 0.6) is 5.75 Å². The Morgan fingerprint density at radius 3 is 2.19 bits per heavy atom. The number of carboxylic acids is 1. The Morgan fingerprint density at radius 2 is 1.81 bits per heavy atom. The minimum atomic E-state index is -5.08. The molecule has 0 unspecified atom stereocenters. The summed E-state index contributed by atoms with van der Waals surface area (Å²) in [5, 5.41) is 20.0. The summed E-state index contributed by atoms with van der Waals surface area (Å²) in [6.07, 6.45) is -4.25. The van der Waals surface area contributed by atoms with Crippen LogP contribution in [0.25, 0.3) is 0 Å². The number of hydrazone groups is 1. The first-order valence-electron chi connectivity index (χ1n) is 9.09. The second kappa shape index (κ2) is 13.6. The molecule has 7 N–H and O–H groups in total. The van der Waals surface area contributed by atoms with Gasteiger partial charge in [0.2, 0.25) is 5.91 Å². The lowest BCUT2D eigenvalue weighted by molar-refractivity contribution is -0.485. The van der Waals surface area contributed by atoms with Crippen molar-refractivity contribution in [3.63, 3.8) is 0 Å². The average Bonchev–Trinajstić information content (AvgIpc) is 2.67. The number of primary amides is 1. The molecule has 0 aliphatic heterocycles. The Morgan fingerprint density at radius 1 is 1.28 bits per heavy atom. The number of alkyl halides is 3. The number of nitro groups is 1. The number of hydrogen-bond acceptors (Lipinski definition) is 6. The van der Waals surface area contributed by atoms with E-state index < -0.39 is 29.1 Å². The van der Waals surface area contributed by atoms with Gasteiger partial charge >= 0.3 is 12.1 Å². The predicted octanol–water partition coefficient (Wildman–Crippen LogP) is 0.620. The molecule has 180 valence electrons. The largest absolute Gasteiger partial charge is 0.494 e. The van der Waals surface area contributed by atoms with Gasteiger partial charge in [0.1, 0.15) is 16.9 Å². The van der Waals surface area contributed by atoms with Crippen LogP contribution in [-0.4, -0.2) is 58.2 Å². The van der Waals surface area contributed by atoms with Crippen LogP contribution >= 0.6 is 0 Å². The van der Waals surface area contributed by atoms with Crippen LogP contribution < -0.4 is 21.9 Å². The van der Waals surface area contributed by atoms with Crippen molar-refractivity contribution in [1.82, 2.24) is 4.90 Å². The minimum Gasteiger partial charge on any atom is -0.494 e. The summed E-state index contributed by atoms with van der Waals surface area (Å²) in [6, 6.07) is 6.23. The number of aliphatic carboxylic acids is 1. The summed E-state index contributed by atoms with van der Waals surface area (Å²) in [5.41, 5.74) is 17.4. The summed E-state index contributed by atoms with van der Waals surface area (Å²) in [4.78, 5) is 32.7. The third kappa shape index (κ3) is 11.0. The molecule has 12 nitrogen and oxygen atoms in total. The quantitative estimate of drug-likeness (QED) is 0.165. The molecule has 0 aliphatic carbocycles. The van der Waals surface area contributed by atoms with Crippen molar-refractivity contribution in [1.29, 1.82) is 0 Å². The van der Waals surface area contributed by atoms with Gasteiger partial charge < -0.3 is 31.9 Å². The number of nitrogens with two attached hydrogens (primary N) is 3. The third-order valence-electron chi connectivity index (χ3n) is 3.69. The van der Waals surface area contributed by atoms with Gasteiger partial charge in [0.25, 0.3) is 5.96 Å². The summed E-state index contributed by atoms with van der Waals surface area (Å²) in [7, 11) is 0. The Kier molecular flexibility index (Phi) is 12.1. The highest BCUT2D eigenvalue weighted by molar-refractivity contribution is 5.87. The molecule has 0 fully saturated rings. The molecule has 0 aromatic heterocycles. The molecule has 1 atom stereocenters. The molecule has 15 heteroatoms. The zero-order valence-corrected chi connectivity index (χ0v) is 17.1. The Balaban J connectivity index is 0.00000118. The van der Waals surface area contributed by atoms with Crippen molar-refractivity contribution in [2.24, 2.45) is 22.3 Å². The summed E-state index contributed by atoms with van der Waals surface area (Å²) in [6.45, 7) is 2.90. The molecule has 0 bridgehead atoms. The van der Waals surface area contributed by atoms with E-state index >= 15 is 0 Å². The van der Waals surface area contributed by atoms with Crippen LogP contribution in [0.1, 0.15) is 25.3 Å². The highest BCUT2D eigenvalue weighted by Crippen LogP contribution is 2.17. The van der Waals surface area contributed by atoms with Crippen molar-refractivity contribution in [3.05, 3.63) is 39.9 Å². The molecule has 0 aliphatic rings. The maximum atomic E-state index is 11.8. The van der Waals surface area contributed by atoms with E-state index in [4.69, 9.17) is 31.8 Å².